The third-order valence-corrected chi connectivity index (χ3v) is 2.03. The van der Waals surface area contributed by atoms with Gasteiger partial charge in [0.15, 0.2) is 5.69 Å². The van der Waals surface area contributed by atoms with E-state index in [0.717, 1.165) is 12.5 Å². The van der Waals surface area contributed by atoms with Gasteiger partial charge in [-0.15, -0.1) is 0 Å². The van der Waals surface area contributed by atoms with Gasteiger partial charge in [-0.1, -0.05) is 0 Å². The summed E-state index contributed by atoms with van der Waals surface area (Å²) in [7, 11) is 0. The van der Waals surface area contributed by atoms with E-state index in [1.807, 2.05) is 0 Å². The Hall–Kier alpha value is -1.70. The molecular weight excluding hydrogens is 225 g/mol. The Morgan fingerprint density at radius 2 is 2.06 bits per heavy atom. The van der Waals surface area contributed by atoms with Crippen LogP contribution in [-0.4, -0.2) is 31.3 Å². The van der Waals surface area contributed by atoms with E-state index in [1.54, 1.807) is 0 Å². The van der Waals surface area contributed by atoms with E-state index in [0.29, 0.717) is 4.52 Å². The fourth-order valence-corrected chi connectivity index (χ4v) is 1.42. The molecule has 0 saturated carbocycles. The Kier molecular flexibility index (Phi) is 2.50. The summed E-state index contributed by atoms with van der Waals surface area (Å²) < 4.78 is 39.0. The van der Waals surface area contributed by atoms with E-state index in [-0.39, 0.29) is 24.4 Å². The minimum atomic E-state index is -4.56. The summed E-state index contributed by atoms with van der Waals surface area (Å²) in [6.45, 7) is -0.384. The zero-order valence-electron chi connectivity index (χ0n) is 7.94. The number of rotatable bonds is 2. The molecule has 2 aromatic heterocycles. The molecule has 8 heteroatoms. The van der Waals surface area contributed by atoms with Crippen LogP contribution in [0.5, 0.6) is 0 Å². The fourth-order valence-electron chi connectivity index (χ4n) is 1.42. The van der Waals surface area contributed by atoms with Crippen molar-refractivity contribution >= 4 is 5.78 Å². The summed E-state index contributed by atoms with van der Waals surface area (Å²) in [5, 5.41) is 12.2. The van der Waals surface area contributed by atoms with E-state index in [1.165, 1.54) is 0 Å². The maximum atomic E-state index is 12.8. The maximum absolute atomic E-state index is 12.8. The highest BCUT2D eigenvalue weighted by Gasteiger charge is 2.37. The number of nitrogens with zero attached hydrogens (tertiary/aromatic N) is 4. The predicted molar refractivity (Wildman–Crippen MR) is 46.6 cm³/mol. The molecule has 0 aliphatic carbocycles. The van der Waals surface area contributed by atoms with Crippen molar-refractivity contribution in [3.63, 3.8) is 0 Å². The van der Waals surface area contributed by atoms with Gasteiger partial charge in [0, 0.05) is 18.4 Å². The van der Waals surface area contributed by atoms with Gasteiger partial charge in [0.2, 0.25) is 0 Å². The largest absolute Gasteiger partial charge is 0.433 e. The lowest BCUT2D eigenvalue weighted by atomic mass is 10.1. The number of aliphatic hydroxyl groups is 1. The first-order valence-electron chi connectivity index (χ1n) is 4.39. The monoisotopic (exact) mass is 232 g/mol. The molecule has 5 nitrogen and oxygen atoms in total. The third kappa shape index (κ3) is 1.71. The van der Waals surface area contributed by atoms with Crippen molar-refractivity contribution in [3.05, 3.63) is 23.8 Å². The normalized spacial score (nSPS) is 12.2. The van der Waals surface area contributed by atoms with Crippen LogP contribution in [0.25, 0.3) is 5.78 Å². The molecule has 0 saturated heterocycles. The minimum Gasteiger partial charge on any atom is -0.396 e. The third-order valence-electron chi connectivity index (χ3n) is 2.03. The molecule has 0 fully saturated rings. The smallest absolute Gasteiger partial charge is 0.396 e. The van der Waals surface area contributed by atoms with Crippen molar-refractivity contribution in [1.82, 2.24) is 19.6 Å². The van der Waals surface area contributed by atoms with E-state index < -0.39 is 11.9 Å². The molecule has 2 heterocycles. The number of fused-ring (bicyclic) bond motifs is 1. The maximum Gasteiger partial charge on any atom is 0.433 e. The topological polar surface area (TPSA) is 63.3 Å². The van der Waals surface area contributed by atoms with Gasteiger partial charge in [-0.25, -0.2) is 4.98 Å². The molecule has 0 spiro atoms. The van der Waals surface area contributed by atoms with Gasteiger partial charge >= 0.3 is 6.18 Å². The lowest BCUT2D eigenvalue weighted by molar-refractivity contribution is -0.143. The highest BCUT2D eigenvalue weighted by atomic mass is 19.4. The lowest BCUT2D eigenvalue weighted by Gasteiger charge is -2.12. The molecule has 0 atom stereocenters. The Labute approximate surface area is 87.6 Å². The fraction of sp³-hybridized carbons (Fsp3) is 0.375. The molecule has 0 unspecified atom stereocenters. The SMILES string of the molecule is OCCc1cnc2ncnn2c1C(F)(F)F. The molecule has 0 aliphatic rings. The summed E-state index contributed by atoms with van der Waals surface area (Å²) in [6.07, 6.45) is -2.62. The number of halogens is 3. The van der Waals surface area contributed by atoms with Gasteiger partial charge in [-0.05, 0) is 6.42 Å². The zero-order chi connectivity index (χ0) is 11.8. The van der Waals surface area contributed by atoms with Crippen molar-refractivity contribution in [2.45, 2.75) is 12.6 Å². The van der Waals surface area contributed by atoms with E-state index in [4.69, 9.17) is 5.11 Å². The number of aromatic nitrogens is 4. The van der Waals surface area contributed by atoms with Crippen molar-refractivity contribution in [1.29, 1.82) is 0 Å². The summed E-state index contributed by atoms with van der Waals surface area (Å²) in [4.78, 5) is 7.28. The van der Waals surface area contributed by atoms with Crippen LogP contribution in [0.4, 0.5) is 13.2 Å². The van der Waals surface area contributed by atoms with Crippen LogP contribution in [0, 0.1) is 0 Å². The quantitative estimate of drug-likeness (QED) is 0.826. The molecule has 0 bridgehead atoms. The first-order chi connectivity index (χ1) is 7.54. The van der Waals surface area contributed by atoms with Crippen LogP contribution < -0.4 is 0 Å². The lowest BCUT2D eigenvalue weighted by Crippen LogP contribution is -2.17. The average molecular weight is 232 g/mol. The second kappa shape index (κ2) is 3.71. The number of aliphatic hydroxyl groups excluding tert-OH is 1. The summed E-state index contributed by atoms with van der Waals surface area (Å²) in [5.41, 5.74) is -1.04. The molecule has 0 radical (unpaired) electrons. The van der Waals surface area contributed by atoms with Crippen LogP contribution >= 0.6 is 0 Å². The van der Waals surface area contributed by atoms with Gasteiger partial charge < -0.3 is 5.11 Å². The summed E-state index contributed by atoms with van der Waals surface area (Å²) in [5.74, 6) is -0.117. The molecule has 86 valence electrons. The van der Waals surface area contributed by atoms with Crippen molar-refractivity contribution < 1.29 is 18.3 Å². The van der Waals surface area contributed by atoms with Crippen LogP contribution in [0.2, 0.25) is 0 Å². The molecule has 2 aromatic rings. The Balaban J connectivity index is 2.70. The van der Waals surface area contributed by atoms with Gasteiger partial charge in [0.1, 0.15) is 6.33 Å². The highest BCUT2D eigenvalue weighted by Crippen LogP contribution is 2.31. The van der Waals surface area contributed by atoms with E-state index >= 15 is 0 Å². The van der Waals surface area contributed by atoms with E-state index in [2.05, 4.69) is 15.1 Å². The number of hydrogen-bond donors (Lipinski definition) is 1. The van der Waals surface area contributed by atoms with Crippen molar-refractivity contribution in [2.24, 2.45) is 0 Å². The molecule has 1 N–H and O–H groups in total. The first kappa shape index (κ1) is 10.8. The van der Waals surface area contributed by atoms with Crippen LogP contribution in [0.1, 0.15) is 11.3 Å². The van der Waals surface area contributed by atoms with Crippen LogP contribution in [0.3, 0.4) is 0 Å². The first-order valence-corrected chi connectivity index (χ1v) is 4.39. The predicted octanol–water partition coefficient (Wildman–Crippen LogP) is 0.678. The van der Waals surface area contributed by atoms with Crippen molar-refractivity contribution in [3.8, 4) is 0 Å². The van der Waals surface area contributed by atoms with Gasteiger partial charge in [0.25, 0.3) is 5.78 Å². The van der Waals surface area contributed by atoms with Gasteiger partial charge in [-0.3, -0.25) is 0 Å². The highest BCUT2D eigenvalue weighted by molar-refractivity contribution is 5.33. The standard InChI is InChI=1S/C8H7F3N4O/c9-8(10,11)6-5(1-2-16)3-12-7-13-4-14-15(6)7/h3-4,16H,1-2H2. The zero-order valence-corrected chi connectivity index (χ0v) is 7.94. The van der Waals surface area contributed by atoms with Crippen LogP contribution in [0.15, 0.2) is 12.5 Å². The van der Waals surface area contributed by atoms with E-state index in [9.17, 15) is 13.2 Å². The molecule has 0 amide bonds. The summed E-state index contributed by atoms with van der Waals surface area (Å²) >= 11 is 0. The summed E-state index contributed by atoms with van der Waals surface area (Å²) in [6, 6.07) is 0. The molecule has 0 aromatic carbocycles. The minimum absolute atomic E-state index is 0.104. The number of hydrogen-bond acceptors (Lipinski definition) is 4. The molecule has 0 aliphatic heterocycles. The van der Waals surface area contributed by atoms with Crippen molar-refractivity contribution in [2.75, 3.05) is 6.61 Å². The number of alkyl halides is 3. The Morgan fingerprint density at radius 1 is 1.31 bits per heavy atom. The average Bonchev–Trinajstić information content (AvgIpc) is 2.63. The van der Waals surface area contributed by atoms with Crippen LogP contribution in [-0.2, 0) is 12.6 Å². The Bertz CT molecular complexity index is 507. The second-order valence-electron chi connectivity index (χ2n) is 3.08. The molecular formula is C8H7F3N4O. The molecule has 2 rings (SSSR count). The molecule has 16 heavy (non-hydrogen) atoms. The Morgan fingerprint density at radius 3 is 2.69 bits per heavy atom. The van der Waals surface area contributed by atoms with Gasteiger partial charge in [-0.2, -0.15) is 27.8 Å². The van der Waals surface area contributed by atoms with Gasteiger partial charge in [0.05, 0.1) is 0 Å². The second-order valence-corrected chi connectivity index (χ2v) is 3.08.